The average molecular weight is 342 g/mol. The highest BCUT2D eigenvalue weighted by Crippen LogP contribution is 2.18. The van der Waals surface area contributed by atoms with Gasteiger partial charge in [-0.15, -0.1) is 0 Å². The molecule has 0 spiro atoms. The lowest BCUT2D eigenvalue weighted by Crippen LogP contribution is -2.51. The monoisotopic (exact) mass is 341 g/mol. The maximum atomic E-state index is 12.8. The van der Waals surface area contributed by atoms with Gasteiger partial charge in [-0.25, -0.2) is 0 Å². The molecule has 5 nitrogen and oxygen atoms in total. The van der Waals surface area contributed by atoms with Crippen LogP contribution in [0.3, 0.4) is 0 Å². The van der Waals surface area contributed by atoms with E-state index in [1.165, 1.54) is 0 Å². The van der Waals surface area contributed by atoms with Crippen LogP contribution in [0.5, 0.6) is 0 Å². The maximum Gasteiger partial charge on any atom is 0.256 e. The Kier molecular flexibility index (Phi) is 5.10. The first-order chi connectivity index (χ1) is 9.56. The van der Waals surface area contributed by atoms with Crippen molar-refractivity contribution >= 4 is 21.8 Å². The summed E-state index contributed by atoms with van der Waals surface area (Å²) < 4.78 is 5.67. The van der Waals surface area contributed by atoms with Gasteiger partial charge in [0.15, 0.2) is 0 Å². The smallest absolute Gasteiger partial charge is 0.256 e. The molecule has 110 valence electrons. The average Bonchev–Trinajstić information content (AvgIpc) is 2.47. The fourth-order valence-electron chi connectivity index (χ4n) is 2.31. The highest BCUT2D eigenvalue weighted by Gasteiger charge is 2.31. The summed E-state index contributed by atoms with van der Waals surface area (Å²) in [5.74, 6) is 0.0293. The van der Waals surface area contributed by atoms with E-state index in [2.05, 4.69) is 26.1 Å². The lowest BCUT2D eigenvalue weighted by molar-refractivity contribution is -0.0362. The summed E-state index contributed by atoms with van der Waals surface area (Å²) in [6.45, 7) is 7.03. The molecule has 0 aliphatic carbocycles. The molecular weight excluding hydrogens is 322 g/mol. The Labute approximate surface area is 127 Å². The Morgan fingerprint density at radius 1 is 1.55 bits per heavy atom. The van der Waals surface area contributed by atoms with E-state index in [4.69, 9.17) is 4.74 Å². The van der Waals surface area contributed by atoms with Crippen molar-refractivity contribution in [1.82, 2.24) is 15.1 Å². The predicted octanol–water partition coefficient (Wildman–Crippen LogP) is 1.97. The molecule has 0 N–H and O–H groups in total. The molecule has 0 radical (unpaired) electrons. The van der Waals surface area contributed by atoms with Gasteiger partial charge in [-0.1, -0.05) is 22.9 Å². The molecule has 0 saturated carbocycles. The van der Waals surface area contributed by atoms with Crippen molar-refractivity contribution in [2.45, 2.75) is 39.3 Å². The Bertz CT molecular complexity index is 495. The molecule has 2 rings (SSSR count). The molecule has 1 aliphatic rings. The number of rotatable bonds is 3. The van der Waals surface area contributed by atoms with Crippen LogP contribution < -0.4 is 0 Å². The van der Waals surface area contributed by atoms with E-state index in [0.717, 1.165) is 16.7 Å². The van der Waals surface area contributed by atoms with E-state index in [1.54, 1.807) is 0 Å². The quantitative estimate of drug-likeness (QED) is 0.788. The van der Waals surface area contributed by atoms with Crippen molar-refractivity contribution in [1.29, 1.82) is 0 Å². The van der Waals surface area contributed by atoms with E-state index in [1.807, 2.05) is 31.7 Å². The van der Waals surface area contributed by atoms with E-state index in [9.17, 15) is 4.79 Å². The third-order valence-electron chi connectivity index (χ3n) is 3.50. The van der Waals surface area contributed by atoms with Crippen molar-refractivity contribution in [3.63, 3.8) is 0 Å². The molecule has 0 aromatic carbocycles. The Morgan fingerprint density at radius 3 is 2.95 bits per heavy atom. The second-order valence-electron chi connectivity index (χ2n) is 5.12. The number of hydrogen-bond acceptors (Lipinski definition) is 4. The summed E-state index contributed by atoms with van der Waals surface area (Å²) in [5, 5.41) is 8.91. The highest BCUT2D eigenvalue weighted by atomic mass is 79.9. The fraction of sp³-hybridized carbons (Fsp3) is 0.643. The van der Waals surface area contributed by atoms with Gasteiger partial charge in [-0.2, -0.15) is 10.2 Å². The normalized spacial score (nSPS) is 22.9. The molecule has 1 aliphatic heterocycles. The number of aryl methyl sites for hydroxylation is 2. The summed E-state index contributed by atoms with van der Waals surface area (Å²) in [6.07, 6.45) is 0.755. The molecule has 2 unspecified atom stereocenters. The second kappa shape index (κ2) is 6.63. The van der Waals surface area contributed by atoms with Crippen molar-refractivity contribution in [3.8, 4) is 0 Å². The van der Waals surface area contributed by atoms with Crippen LogP contribution >= 0.6 is 15.9 Å². The number of hydrogen-bond donors (Lipinski definition) is 0. The third kappa shape index (κ3) is 3.17. The number of ether oxygens (including phenoxy) is 1. The topological polar surface area (TPSA) is 55.3 Å². The first-order valence-corrected chi connectivity index (χ1v) is 8.00. The lowest BCUT2D eigenvalue weighted by atomic mass is 10.1. The SMILES string of the molecule is CCc1nnc(C)cc1C(=O)N1CC(CBr)OCC1C. The zero-order valence-corrected chi connectivity index (χ0v) is 13.7. The van der Waals surface area contributed by atoms with Crippen molar-refractivity contribution in [2.24, 2.45) is 0 Å². The van der Waals surface area contributed by atoms with E-state index in [0.29, 0.717) is 25.1 Å². The molecule has 6 heteroatoms. The van der Waals surface area contributed by atoms with Crippen molar-refractivity contribution < 1.29 is 9.53 Å². The molecule has 1 aromatic rings. The van der Waals surface area contributed by atoms with Gasteiger partial charge in [-0.3, -0.25) is 4.79 Å². The Hall–Kier alpha value is -1.01. The van der Waals surface area contributed by atoms with Crippen LogP contribution in [0.2, 0.25) is 0 Å². The van der Waals surface area contributed by atoms with Gasteiger partial charge >= 0.3 is 0 Å². The van der Waals surface area contributed by atoms with Crippen LogP contribution in [0.1, 0.15) is 35.6 Å². The summed E-state index contributed by atoms with van der Waals surface area (Å²) in [5.41, 5.74) is 2.19. The number of amides is 1. The fourth-order valence-corrected chi connectivity index (χ4v) is 2.70. The zero-order chi connectivity index (χ0) is 14.7. The summed E-state index contributed by atoms with van der Waals surface area (Å²) in [4.78, 5) is 14.7. The molecule has 1 fully saturated rings. The minimum atomic E-state index is 0.0293. The van der Waals surface area contributed by atoms with Crippen LogP contribution in [-0.4, -0.2) is 51.6 Å². The van der Waals surface area contributed by atoms with E-state index < -0.39 is 0 Å². The lowest BCUT2D eigenvalue weighted by Gasteiger charge is -2.37. The predicted molar refractivity (Wildman–Crippen MR) is 80.2 cm³/mol. The molecule has 20 heavy (non-hydrogen) atoms. The number of carbonyl (C=O) groups is 1. The minimum Gasteiger partial charge on any atom is -0.373 e. The van der Waals surface area contributed by atoms with Gasteiger partial charge in [0.1, 0.15) is 0 Å². The van der Waals surface area contributed by atoms with Gasteiger partial charge in [0.05, 0.1) is 35.7 Å². The largest absolute Gasteiger partial charge is 0.373 e. The third-order valence-corrected chi connectivity index (χ3v) is 4.22. The molecule has 0 bridgehead atoms. The van der Waals surface area contributed by atoms with Crippen LogP contribution in [0.4, 0.5) is 0 Å². The number of alkyl halides is 1. The number of halogens is 1. The Morgan fingerprint density at radius 2 is 2.30 bits per heavy atom. The first kappa shape index (κ1) is 15.4. The zero-order valence-electron chi connectivity index (χ0n) is 12.1. The molecule has 1 saturated heterocycles. The number of nitrogens with zero attached hydrogens (tertiary/aromatic N) is 3. The molecule has 2 heterocycles. The van der Waals surface area contributed by atoms with Gasteiger partial charge < -0.3 is 9.64 Å². The first-order valence-electron chi connectivity index (χ1n) is 6.88. The van der Waals surface area contributed by atoms with Crippen LogP contribution in [-0.2, 0) is 11.2 Å². The summed E-state index contributed by atoms with van der Waals surface area (Å²) in [7, 11) is 0. The number of aromatic nitrogens is 2. The maximum absolute atomic E-state index is 12.8. The summed E-state index contributed by atoms with van der Waals surface area (Å²) >= 11 is 3.42. The standard InChI is InChI=1S/C14H20BrN3O2/c1-4-13-12(5-9(2)16-17-13)14(19)18-7-11(6-15)20-8-10(18)3/h5,10-11H,4,6-8H2,1-3H3. The van der Waals surface area contributed by atoms with Crippen molar-refractivity contribution in [2.75, 3.05) is 18.5 Å². The molecular formula is C14H20BrN3O2. The second-order valence-corrected chi connectivity index (χ2v) is 5.76. The van der Waals surface area contributed by atoms with Crippen LogP contribution in [0.15, 0.2) is 6.07 Å². The van der Waals surface area contributed by atoms with Gasteiger partial charge in [-0.05, 0) is 26.3 Å². The molecule has 1 aromatic heterocycles. The van der Waals surface area contributed by atoms with Crippen LogP contribution in [0.25, 0.3) is 0 Å². The van der Waals surface area contributed by atoms with Gasteiger partial charge in [0, 0.05) is 11.9 Å². The minimum absolute atomic E-state index is 0.0293. The van der Waals surface area contributed by atoms with E-state index >= 15 is 0 Å². The summed E-state index contributed by atoms with van der Waals surface area (Å²) in [6, 6.07) is 1.91. The highest BCUT2D eigenvalue weighted by molar-refractivity contribution is 9.09. The van der Waals surface area contributed by atoms with Crippen LogP contribution in [0, 0.1) is 6.92 Å². The van der Waals surface area contributed by atoms with Gasteiger partial charge in [0.2, 0.25) is 0 Å². The Balaban J connectivity index is 2.27. The molecule has 1 amide bonds. The number of morpholine rings is 1. The van der Waals surface area contributed by atoms with Crippen molar-refractivity contribution in [3.05, 3.63) is 23.0 Å². The number of carbonyl (C=O) groups excluding carboxylic acids is 1. The molecule has 2 atom stereocenters. The van der Waals surface area contributed by atoms with E-state index in [-0.39, 0.29) is 18.1 Å². The van der Waals surface area contributed by atoms with Gasteiger partial charge in [0.25, 0.3) is 5.91 Å².